The number of rotatable bonds is 4. The van der Waals surface area contributed by atoms with E-state index in [1.165, 1.54) is 0 Å². The van der Waals surface area contributed by atoms with Crippen LogP contribution in [0.15, 0.2) is 12.1 Å². The lowest BCUT2D eigenvalue weighted by molar-refractivity contribution is 0.409. The monoisotopic (exact) mass is 272 g/mol. The molecule has 1 aliphatic rings. The maximum atomic E-state index is 13.7. The fourth-order valence-electron chi connectivity index (χ4n) is 2.49. The summed E-state index contributed by atoms with van der Waals surface area (Å²) in [4.78, 5) is 1.66. The molecule has 0 radical (unpaired) electrons. The van der Waals surface area contributed by atoms with Crippen LogP contribution in [0.3, 0.4) is 0 Å². The summed E-state index contributed by atoms with van der Waals surface area (Å²) in [5.74, 6) is -2.52. The van der Waals surface area contributed by atoms with E-state index in [4.69, 9.17) is 0 Å². The first-order chi connectivity index (χ1) is 9.11. The number of hydrogen-bond donors (Lipinski definition) is 1. The maximum Gasteiger partial charge on any atom is 0.152 e. The first kappa shape index (κ1) is 14.2. The van der Waals surface area contributed by atoms with Gasteiger partial charge in [-0.3, -0.25) is 0 Å². The second-order valence-electron chi connectivity index (χ2n) is 4.93. The predicted molar refractivity (Wildman–Crippen MR) is 69.8 cm³/mol. The van der Waals surface area contributed by atoms with Crippen molar-refractivity contribution in [2.75, 3.05) is 24.5 Å². The van der Waals surface area contributed by atoms with Gasteiger partial charge in [0.1, 0.15) is 11.5 Å². The van der Waals surface area contributed by atoms with E-state index in [9.17, 15) is 13.2 Å². The summed E-state index contributed by atoms with van der Waals surface area (Å²) in [7, 11) is 0. The number of piperidine rings is 1. The quantitative estimate of drug-likeness (QED) is 0.906. The molecule has 1 fully saturated rings. The van der Waals surface area contributed by atoms with Gasteiger partial charge >= 0.3 is 0 Å². The Labute approximate surface area is 111 Å². The molecule has 1 N–H and O–H groups in total. The van der Waals surface area contributed by atoms with Gasteiger partial charge in [0.05, 0.1) is 0 Å². The van der Waals surface area contributed by atoms with E-state index in [0.29, 0.717) is 19.1 Å². The average molecular weight is 272 g/mol. The fourth-order valence-corrected chi connectivity index (χ4v) is 2.49. The normalized spacial score (nSPS) is 16.9. The molecule has 1 aromatic carbocycles. The van der Waals surface area contributed by atoms with Gasteiger partial charge in [0.15, 0.2) is 11.6 Å². The lowest BCUT2D eigenvalue weighted by Crippen LogP contribution is -2.43. The molecule has 0 bridgehead atoms. The molecule has 1 aliphatic heterocycles. The molecule has 2 nitrogen and oxygen atoms in total. The summed E-state index contributed by atoms with van der Waals surface area (Å²) in [6.07, 6.45) is 2.76. The van der Waals surface area contributed by atoms with Crippen molar-refractivity contribution in [2.24, 2.45) is 0 Å². The maximum absolute atomic E-state index is 13.7. The van der Waals surface area contributed by atoms with Crippen LogP contribution < -0.4 is 10.2 Å². The molecule has 0 atom stereocenters. The van der Waals surface area contributed by atoms with Gasteiger partial charge in [-0.2, -0.15) is 0 Å². The lowest BCUT2D eigenvalue weighted by atomic mass is 10.0. The molecule has 0 spiro atoms. The van der Waals surface area contributed by atoms with Crippen molar-refractivity contribution in [1.29, 1.82) is 0 Å². The third kappa shape index (κ3) is 3.41. The highest BCUT2D eigenvalue weighted by Gasteiger charge is 2.23. The highest BCUT2D eigenvalue weighted by molar-refractivity contribution is 5.49. The van der Waals surface area contributed by atoms with E-state index in [1.807, 2.05) is 0 Å². The molecule has 0 aromatic heterocycles. The molecular weight excluding hydrogens is 253 g/mol. The number of nitrogens with one attached hydrogen (secondary N) is 1. The van der Waals surface area contributed by atoms with Crippen LogP contribution >= 0.6 is 0 Å². The van der Waals surface area contributed by atoms with Crippen LogP contribution in [-0.2, 0) is 0 Å². The molecule has 19 heavy (non-hydrogen) atoms. The second-order valence-corrected chi connectivity index (χ2v) is 4.93. The van der Waals surface area contributed by atoms with Crippen LogP contribution in [-0.4, -0.2) is 25.7 Å². The van der Waals surface area contributed by atoms with E-state index in [0.717, 1.165) is 37.9 Å². The number of benzene rings is 1. The summed E-state index contributed by atoms with van der Waals surface area (Å²) in [6.45, 7) is 4.23. The Morgan fingerprint density at radius 2 is 1.74 bits per heavy atom. The van der Waals surface area contributed by atoms with Crippen LogP contribution in [0, 0.1) is 17.5 Å². The molecular formula is C14H19F3N2. The summed E-state index contributed by atoms with van der Waals surface area (Å²) in [5, 5.41) is 3.41. The van der Waals surface area contributed by atoms with E-state index in [-0.39, 0.29) is 5.69 Å². The zero-order valence-corrected chi connectivity index (χ0v) is 11.1. The van der Waals surface area contributed by atoms with E-state index < -0.39 is 17.5 Å². The molecule has 1 heterocycles. The Bertz CT molecular complexity index is 406. The van der Waals surface area contributed by atoms with Crippen LogP contribution in [0.2, 0.25) is 0 Å². The van der Waals surface area contributed by atoms with E-state index in [1.54, 1.807) is 4.90 Å². The van der Waals surface area contributed by atoms with Crippen LogP contribution in [0.1, 0.15) is 26.2 Å². The minimum absolute atomic E-state index is 0.102. The van der Waals surface area contributed by atoms with E-state index >= 15 is 0 Å². The van der Waals surface area contributed by atoms with Gasteiger partial charge in [-0.1, -0.05) is 6.92 Å². The molecule has 5 heteroatoms. The third-order valence-corrected chi connectivity index (χ3v) is 3.48. The molecule has 0 unspecified atom stereocenters. The standard InChI is InChI=1S/C14H19F3N2/c1-2-5-18-11-3-6-19(7-4-11)14-12(16)8-10(15)9-13(14)17/h8-9,11,18H,2-7H2,1H3. The Balaban J connectivity index is 2.02. The SMILES string of the molecule is CCCNC1CCN(c2c(F)cc(F)cc2F)CC1. The second kappa shape index (κ2) is 6.28. The minimum Gasteiger partial charge on any atom is -0.367 e. The molecule has 1 aromatic rings. The smallest absolute Gasteiger partial charge is 0.152 e. The van der Waals surface area contributed by atoms with Crippen molar-refractivity contribution >= 4 is 5.69 Å². The number of halogens is 3. The van der Waals surface area contributed by atoms with Gasteiger partial charge in [-0.15, -0.1) is 0 Å². The number of hydrogen-bond acceptors (Lipinski definition) is 2. The van der Waals surface area contributed by atoms with Crippen molar-refractivity contribution in [2.45, 2.75) is 32.2 Å². The third-order valence-electron chi connectivity index (χ3n) is 3.48. The van der Waals surface area contributed by atoms with Crippen molar-refractivity contribution in [1.82, 2.24) is 5.32 Å². The first-order valence-corrected chi connectivity index (χ1v) is 6.74. The molecule has 0 aliphatic carbocycles. The molecule has 0 amide bonds. The van der Waals surface area contributed by atoms with Crippen molar-refractivity contribution in [3.8, 4) is 0 Å². The fraction of sp³-hybridized carbons (Fsp3) is 0.571. The Morgan fingerprint density at radius 1 is 1.16 bits per heavy atom. The van der Waals surface area contributed by atoms with Crippen molar-refractivity contribution in [3.05, 3.63) is 29.6 Å². The summed E-state index contributed by atoms with van der Waals surface area (Å²) in [5.41, 5.74) is -0.102. The number of anilines is 1. The van der Waals surface area contributed by atoms with Crippen molar-refractivity contribution < 1.29 is 13.2 Å². The average Bonchev–Trinajstić information content (AvgIpc) is 2.36. The highest BCUT2D eigenvalue weighted by atomic mass is 19.1. The van der Waals surface area contributed by atoms with Gasteiger partial charge in [0.25, 0.3) is 0 Å². The van der Waals surface area contributed by atoms with Crippen LogP contribution in [0.4, 0.5) is 18.9 Å². The van der Waals surface area contributed by atoms with Gasteiger partial charge in [0.2, 0.25) is 0 Å². The van der Waals surface area contributed by atoms with Gasteiger partial charge in [-0.25, -0.2) is 13.2 Å². The lowest BCUT2D eigenvalue weighted by Gasteiger charge is -2.34. The first-order valence-electron chi connectivity index (χ1n) is 6.74. The number of nitrogens with zero attached hydrogens (tertiary/aromatic N) is 1. The van der Waals surface area contributed by atoms with Gasteiger partial charge in [0, 0.05) is 31.3 Å². The molecule has 106 valence electrons. The topological polar surface area (TPSA) is 15.3 Å². The molecule has 2 rings (SSSR count). The van der Waals surface area contributed by atoms with Crippen LogP contribution in [0.25, 0.3) is 0 Å². The zero-order valence-electron chi connectivity index (χ0n) is 11.1. The zero-order chi connectivity index (χ0) is 13.8. The largest absolute Gasteiger partial charge is 0.367 e. The summed E-state index contributed by atoms with van der Waals surface area (Å²) < 4.78 is 40.2. The summed E-state index contributed by atoms with van der Waals surface area (Å²) in [6, 6.07) is 1.88. The Kier molecular flexibility index (Phi) is 4.69. The van der Waals surface area contributed by atoms with E-state index in [2.05, 4.69) is 12.2 Å². The Morgan fingerprint density at radius 3 is 2.26 bits per heavy atom. The van der Waals surface area contributed by atoms with Crippen LogP contribution in [0.5, 0.6) is 0 Å². The van der Waals surface area contributed by atoms with Gasteiger partial charge in [-0.05, 0) is 25.8 Å². The predicted octanol–water partition coefficient (Wildman–Crippen LogP) is 3.07. The minimum atomic E-state index is -0.877. The van der Waals surface area contributed by atoms with Gasteiger partial charge < -0.3 is 10.2 Å². The Hall–Kier alpha value is -1.23. The molecule has 0 saturated carbocycles. The highest BCUT2D eigenvalue weighted by Crippen LogP contribution is 2.27. The summed E-state index contributed by atoms with van der Waals surface area (Å²) >= 11 is 0. The molecule has 1 saturated heterocycles. The van der Waals surface area contributed by atoms with Crippen molar-refractivity contribution in [3.63, 3.8) is 0 Å².